The average Bonchev–Trinajstić information content (AvgIpc) is 2.60. The van der Waals surface area contributed by atoms with Gasteiger partial charge in [-0.15, -0.1) is 0 Å². The van der Waals surface area contributed by atoms with E-state index in [9.17, 15) is 10.1 Å². The number of nitriles is 1. The lowest BCUT2D eigenvalue weighted by Gasteiger charge is -2.40. The first kappa shape index (κ1) is 18.5. The summed E-state index contributed by atoms with van der Waals surface area (Å²) in [5, 5.41) is 9.18. The van der Waals surface area contributed by atoms with Crippen LogP contribution in [0.15, 0.2) is 17.1 Å². The number of hydrogen-bond donors (Lipinski definition) is 1. The number of hydrogen-bond acceptors (Lipinski definition) is 5. The zero-order valence-corrected chi connectivity index (χ0v) is 15.3. The summed E-state index contributed by atoms with van der Waals surface area (Å²) in [7, 11) is 13.7. The first-order valence-electron chi connectivity index (χ1n) is 8.53. The molecule has 2 aromatic heterocycles. The van der Waals surface area contributed by atoms with Crippen molar-refractivity contribution < 1.29 is 4.74 Å². The molecule has 6 nitrogen and oxygen atoms in total. The van der Waals surface area contributed by atoms with Crippen LogP contribution >= 0.6 is 0 Å². The Kier molecular flexibility index (Phi) is 4.61. The smallest absolute Gasteiger partial charge is 0.268 e. The van der Waals surface area contributed by atoms with Crippen LogP contribution in [0.2, 0.25) is 0 Å². The van der Waals surface area contributed by atoms with Crippen LogP contribution in [-0.2, 0) is 9.95 Å². The summed E-state index contributed by atoms with van der Waals surface area (Å²) >= 11 is 0. The Morgan fingerprint density at radius 2 is 2.08 bits per heavy atom. The molecule has 1 saturated heterocycles. The minimum atomic E-state index is -1.12. The molecule has 8 heteroatoms. The van der Waals surface area contributed by atoms with Gasteiger partial charge >= 0.3 is 0 Å². The van der Waals surface area contributed by atoms with Gasteiger partial charge in [0.1, 0.15) is 11.6 Å². The first-order chi connectivity index (χ1) is 12.2. The molecule has 0 amide bonds. The van der Waals surface area contributed by atoms with Crippen molar-refractivity contribution in [1.29, 1.82) is 5.26 Å². The van der Waals surface area contributed by atoms with Crippen LogP contribution < -0.4 is 10.5 Å². The molecule has 1 N–H and O–H groups in total. The molecule has 0 aliphatic carbocycles. The normalized spacial score (nSPS) is 17.2. The van der Waals surface area contributed by atoms with Crippen LogP contribution in [0.1, 0.15) is 37.9 Å². The summed E-state index contributed by atoms with van der Waals surface area (Å²) in [6.45, 7) is 5.08. The van der Waals surface area contributed by atoms with Crippen molar-refractivity contribution in [1.82, 2.24) is 9.97 Å². The van der Waals surface area contributed by atoms with Crippen LogP contribution in [0.5, 0.6) is 0 Å². The van der Waals surface area contributed by atoms with Gasteiger partial charge in [-0.3, -0.25) is 9.78 Å². The molecule has 0 saturated carbocycles. The predicted octanol–water partition coefficient (Wildman–Crippen LogP) is 1.31. The van der Waals surface area contributed by atoms with E-state index in [4.69, 9.17) is 20.4 Å². The lowest BCUT2D eigenvalue weighted by molar-refractivity contribution is -0.0132. The highest BCUT2D eigenvalue weighted by molar-refractivity contribution is 6.39. The van der Waals surface area contributed by atoms with Gasteiger partial charge in [-0.2, -0.15) is 5.26 Å². The van der Waals surface area contributed by atoms with E-state index in [-0.39, 0.29) is 11.2 Å². The number of anilines is 1. The quantitative estimate of drug-likeness (QED) is 0.848. The minimum Gasteiger partial charge on any atom is -0.378 e. The molecule has 0 spiro atoms. The molecule has 130 valence electrons. The molecule has 0 unspecified atom stereocenters. The van der Waals surface area contributed by atoms with Gasteiger partial charge in [-0.25, -0.2) is 0 Å². The number of methoxy groups -OCH3 is 1. The molecule has 0 atom stereocenters. The maximum absolute atomic E-state index is 12.4. The van der Waals surface area contributed by atoms with Crippen LogP contribution in [0.4, 0.5) is 5.69 Å². The molecule has 1 aliphatic heterocycles. The molecule has 3 rings (SSSR count). The maximum atomic E-state index is 12.4. The number of aromatic nitrogens is 2. The summed E-state index contributed by atoms with van der Waals surface area (Å²) in [5.41, 5.74) is 1.12. The summed E-state index contributed by atoms with van der Waals surface area (Å²) < 4.78 is 5.59. The Hall–Kier alpha value is -2.26. The van der Waals surface area contributed by atoms with E-state index in [1.165, 1.54) is 6.20 Å². The largest absolute Gasteiger partial charge is 0.378 e. The van der Waals surface area contributed by atoms with Crippen molar-refractivity contribution in [2.75, 3.05) is 25.1 Å². The summed E-state index contributed by atoms with van der Waals surface area (Å²) in [6, 6.07) is 3.80. The molecule has 3 heterocycles. The molecule has 4 radical (unpaired) electrons. The van der Waals surface area contributed by atoms with Gasteiger partial charge in [-0.1, -0.05) is 12.1 Å². The molecule has 1 fully saturated rings. The van der Waals surface area contributed by atoms with Crippen LogP contribution in [-0.4, -0.2) is 51.5 Å². The molecule has 26 heavy (non-hydrogen) atoms. The van der Waals surface area contributed by atoms with Crippen molar-refractivity contribution in [3.8, 4) is 6.07 Å². The number of fused-ring (bicyclic) bond motifs is 1. The third-order valence-corrected chi connectivity index (χ3v) is 5.17. The molecule has 0 aromatic carbocycles. The number of pyridine rings is 2. The van der Waals surface area contributed by atoms with E-state index in [0.717, 1.165) is 12.8 Å². The van der Waals surface area contributed by atoms with E-state index < -0.39 is 10.8 Å². The van der Waals surface area contributed by atoms with E-state index in [1.807, 2.05) is 6.07 Å². The van der Waals surface area contributed by atoms with Gasteiger partial charge < -0.3 is 14.6 Å². The van der Waals surface area contributed by atoms with Crippen LogP contribution in [0.3, 0.4) is 0 Å². The minimum absolute atomic E-state index is 0.0893. The zero-order chi connectivity index (χ0) is 19.1. The molecular weight excluding hydrogens is 326 g/mol. The summed E-state index contributed by atoms with van der Waals surface area (Å²) in [4.78, 5) is 21.4. The highest BCUT2D eigenvalue weighted by Gasteiger charge is 2.32. The Labute approximate surface area is 155 Å². The standard InChI is InChI=1S/C18H20B2N4O2/c1-17(26-3)4-6-24(7-5-17)15-11-8-14(18(2,19)20)22-10-13(11)23-16(25)12(15)9-21/h8,10H,4-7H2,1-3H3,(H,23,25). The second-order valence-corrected chi connectivity index (χ2v) is 7.33. The number of H-pyrrole nitrogens is 1. The SMILES string of the molecule is [B]C([B])(C)c1cc2c(N3CCC(C)(OC)CC3)c(C#N)c(=O)[nH]c2cn1. The van der Waals surface area contributed by atoms with E-state index in [2.05, 4.69) is 21.8 Å². The molecule has 0 bridgehead atoms. The number of piperidine rings is 1. The van der Waals surface area contributed by atoms with Crippen molar-refractivity contribution in [2.45, 2.75) is 37.5 Å². The monoisotopic (exact) mass is 346 g/mol. The molecule has 2 aromatic rings. The number of nitrogens with zero attached hydrogens (tertiary/aromatic N) is 3. The summed E-state index contributed by atoms with van der Waals surface area (Å²) in [6.07, 6.45) is 3.14. The lowest BCUT2D eigenvalue weighted by atomic mass is 9.54. The number of ether oxygens (including phenoxy) is 1. The number of aromatic amines is 1. The Morgan fingerprint density at radius 3 is 2.62 bits per heavy atom. The van der Waals surface area contributed by atoms with Crippen LogP contribution in [0.25, 0.3) is 10.9 Å². The van der Waals surface area contributed by atoms with Crippen LogP contribution in [0, 0.1) is 11.3 Å². The average molecular weight is 346 g/mol. The third kappa shape index (κ3) is 3.24. The van der Waals surface area contributed by atoms with Gasteiger partial charge in [0, 0.05) is 31.3 Å². The van der Waals surface area contributed by atoms with Crippen molar-refractivity contribution in [2.24, 2.45) is 0 Å². The van der Waals surface area contributed by atoms with Gasteiger partial charge in [-0.05, 0) is 25.8 Å². The summed E-state index contributed by atoms with van der Waals surface area (Å²) in [5.74, 6) is 0. The van der Waals surface area contributed by atoms with Crippen molar-refractivity contribution in [3.63, 3.8) is 0 Å². The Balaban J connectivity index is 2.19. The van der Waals surface area contributed by atoms with Gasteiger partial charge in [0.15, 0.2) is 0 Å². The second kappa shape index (κ2) is 6.48. The highest BCUT2D eigenvalue weighted by atomic mass is 16.5. The van der Waals surface area contributed by atoms with E-state index in [0.29, 0.717) is 35.4 Å². The van der Waals surface area contributed by atoms with Gasteiger partial charge in [0.25, 0.3) is 5.56 Å². The fraction of sp³-hybridized carbons (Fsp3) is 0.500. The van der Waals surface area contributed by atoms with Gasteiger partial charge in [0.05, 0.1) is 38.7 Å². The Bertz CT molecular complexity index is 935. The van der Waals surface area contributed by atoms with E-state index in [1.54, 1.807) is 20.1 Å². The first-order valence-corrected chi connectivity index (χ1v) is 8.53. The second-order valence-electron chi connectivity index (χ2n) is 7.33. The fourth-order valence-corrected chi connectivity index (χ4v) is 3.31. The predicted molar refractivity (Wildman–Crippen MR) is 103 cm³/mol. The third-order valence-electron chi connectivity index (χ3n) is 5.17. The maximum Gasteiger partial charge on any atom is 0.268 e. The van der Waals surface area contributed by atoms with E-state index >= 15 is 0 Å². The molecule has 1 aliphatic rings. The number of nitrogens with one attached hydrogen (secondary N) is 1. The van der Waals surface area contributed by atoms with Crippen molar-refractivity contribution in [3.05, 3.63) is 33.9 Å². The fourth-order valence-electron chi connectivity index (χ4n) is 3.31. The Morgan fingerprint density at radius 1 is 1.42 bits per heavy atom. The van der Waals surface area contributed by atoms with Crippen molar-refractivity contribution >= 4 is 32.3 Å². The zero-order valence-electron chi connectivity index (χ0n) is 15.3. The highest BCUT2D eigenvalue weighted by Crippen LogP contribution is 2.34. The number of rotatable bonds is 3. The van der Waals surface area contributed by atoms with Gasteiger partial charge in [0.2, 0.25) is 0 Å². The lowest BCUT2D eigenvalue weighted by Crippen LogP contribution is -2.44. The topological polar surface area (TPSA) is 82.0 Å². The molecular formula is C18H20B2N4O2.